The molecule has 2 heteroatoms. The monoisotopic (exact) mass is 325 g/mol. The summed E-state index contributed by atoms with van der Waals surface area (Å²) in [5.41, 5.74) is 2.72. The van der Waals surface area contributed by atoms with Crippen molar-refractivity contribution in [1.82, 2.24) is 4.90 Å². The first kappa shape index (κ1) is 16.5. The molecular formula is C21H27NS. The van der Waals surface area contributed by atoms with Crippen LogP contribution in [0.4, 0.5) is 0 Å². The highest BCUT2D eigenvalue weighted by Crippen LogP contribution is 2.28. The summed E-state index contributed by atoms with van der Waals surface area (Å²) < 4.78 is 0. The zero-order valence-corrected chi connectivity index (χ0v) is 15.1. The van der Waals surface area contributed by atoms with E-state index in [1.54, 1.807) is 0 Å². The standard InChI is InChI=1S/C21H27NS/c1-17-9-6-10-18(2)22(17)15-7-13-20(21-14-8-16-23-21)19-11-4-3-5-12-19/h3-5,8,11-14,16-18H,6-7,9-10,15H2,1-2H3/b20-13+/t17-,18-/m0/s1. The van der Waals surface area contributed by atoms with Gasteiger partial charge in [0.25, 0.3) is 0 Å². The first-order chi connectivity index (χ1) is 11.3. The molecule has 1 aliphatic heterocycles. The molecule has 1 aliphatic rings. The van der Waals surface area contributed by atoms with E-state index in [4.69, 9.17) is 0 Å². The van der Waals surface area contributed by atoms with E-state index in [0.717, 1.165) is 18.5 Å². The van der Waals surface area contributed by atoms with Crippen molar-refractivity contribution < 1.29 is 0 Å². The minimum atomic E-state index is 0.731. The zero-order chi connectivity index (χ0) is 16.1. The van der Waals surface area contributed by atoms with Gasteiger partial charge < -0.3 is 0 Å². The molecule has 0 aliphatic carbocycles. The predicted molar refractivity (Wildman–Crippen MR) is 102 cm³/mol. The van der Waals surface area contributed by atoms with Crippen LogP contribution in [0.2, 0.25) is 0 Å². The maximum atomic E-state index is 2.69. The first-order valence-electron chi connectivity index (χ1n) is 8.81. The largest absolute Gasteiger partial charge is 0.298 e. The third-order valence-electron chi connectivity index (χ3n) is 4.98. The number of thiophene rings is 1. The van der Waals surface area contributed by atoms with Crippen LogP contribution in [-0.4, -0.2) is 23.5 Å². The Labute approximate surface area is 144 Å². The normalized spacial score (nSPS) is 23.1. The minimum Gasteiger partial charge on any atom is -0.298 e. The van der Waals surface area contributed by atoms with Crippen LogP contribution in [-0.2, 0) is 0 Å². The van der Waals surface area contributed by atoms with Crippen molar-refractivity contribution in [2.45, 2.75) is 51.6 Å². The van der Waals surface area contributed by atoms with E-state index < -0.39 is 0 Å². The molecule has 1 fully saturated rings. The average molecular weight is 326 g/mol. The van der Waals surface area contributed by atoms with Gasteiger partial charge in [0, 0.05) is 23.5 Å². The van der Waals surface area contributed by atoms with Crippen LogP contribution in [0, 0.1) is 0 Å². The molecule has 0 spiro atoms. The van der Waals surface area contributed by atoms with E-state index in [9.17, 15) is 0 Å². The topological polar surface area (TPSA) is 3.24 Å². The molecule has 23 heavy (non-hydrogen) atoms. The Morgan fingerprint density at radius 3 is 2.48 bits per heavy atom. The maximum absolute atomic E-state index is 2.69. The maximum Gasteiger partial charge on any atom is 0.0345 e. The third-order valence-corrected chi connectivity index (χ3v) is 5.89. The highest BCUT2D eigenvalue weighted by Gasteiger charge is 2.23. The molecule has 2 heterocycles. The summed E-state index contributed by atoms with van der Waals surface area (Å²) >= 11 is 1.83. The summed E-state index contributed by atoms with van der Waals surface area (Å²) in [6, 6.07) is 16.6. The Bertz CT molecular complexity index is 605. The Kier molecular flexibility index (Phi) is 5.69. The summed E-state index contributed by atoms with van der Waals surface area (Å²) in [5.74, 6) is 0. The van der Waals surface area contributed by atoms with Gasteiger partial charge in [0.2, 0.25) is 0 Å². The fourth-order valence-corrected chi connectivity index (χ4v) is 4.47. The van der Waals surface area contributed by atoms with Crippen LogP contribution in [0.3, 0.4) is 0 Å². The van der Waals surface area contributed by atoms with Gasteiger partial charge in [0.15, 0.2) is 0 Å². The van der Waals surface area contributed by atoms with Crippen molar-refractivity contribution in [2.75, 3.05) is 6.54 Å². The first-order valence-corrected chi connectivity index (χ1v) is 9.69. The van der Waals surface area contributed by atoms with E-state index in [1.165, 1.54) is 41.8 Å². The van der Waals surface area contributed by atoms with Crippen molar-refractivity contribution >= 4 is 16.9 Å². The number of nitrogens with zero attached hydrogens (tertiary/aromatic N) is 1. The summed E-state index contributed by atoms with van der Waals surface area (Å²) in [7, 11) is 0. The number of hydrogen-bond donors (Lipinski definition) is 0. The molecule has 0 saturated carbocycles. The van der Waals surface area contributed by atoms with E-state index in [-0.39, 0.29) is 0 Å². The SMILES string of the molecule is C[C@H]1CCC[C@H](C)N1CC/C=C(\c1ccccc1)c1cccs1. The molecule has 0 radical (unpaired) electrons. The van der Waals surface area contributed by atoms with Crippen LogP contribution in [0.15, 0.2) is 53.9 Å². The average Bonchev–Trinajstić information content (AvgIpc) is 3.09. The molecule has 3 rings (SSSR count). The van der Waals surface area contributed by atoms with Crippen LogP contribution in [0.25, 0.3) is 5.57 Å². The van der Waals surface area contributed by atoms with Crippen LogP contribution >= 0.6 is 11.3 Å². The number of likely N-dealkylation sites (tertiary alicyclic amines) is 1. The van der Waals surface area contributed by atoms with Crippen molar-refractivity contribution in [1.29, 1.82) is 0 Å². The Hall–Kier alpha value is -1.38. The number of rotatable bonds is 5. The lowest BCUT2D eigenvalue weighted by Crippen LogP contribution is -2.43. The highest BCUT2D eigenvalue weighted by atomic mass is 32.1. The Morgan fingerprint density at radius 2 is 1.83 bits per heavy atom. The van der Waals surface area contributed by atoms with Crippen LogP contribution in [0.1, 0.15) is 50.0 Å². The van der Waals surface area contributed by atoms with Gasteiger partial charge in [0.05, 0.1) is 0 Å². The van der Waals surface area contributed by atoms with Crippen LogP contribution < -0.4 is 0 Å². The van der Waals surface area contributed by atoms with Gasteiger partial charge in [-0.2, -0.15) is 0 Å². The second-order valence-corrected chi connectivity index (χ2v) is 7.56. The van der Waals surface area contributed by atoms with Crippen molar-refractivity contribution in [3.8, 4) is 0 Å². The lowest BCUT2D eigenvalue weighted by molar-refractivity contribution is 0.106. The number of piperidine rings is 1. The Morgan fingerprint density at radius 1 is 1.09 bits per heavy atom. The van der Waals surface area contributed by atoms with Crippen LogP contribution in [0.5, 0.6) is 0 Å². The Balaban J connectivity index is 1.74. The summed E-state index contributed by atoms with van der Waals surface area (Å²) in [4.78, 5) is 4.06. The third kappa shape index (κ3) is 4.13. The summed E-state index contributed by atoms with van der Waals surface area (Å²) in [5, 5.41) is 2.17. The van der Waals surface area contributed by atoms with Crippen molar-refractivity contribution in [2.24, 2.45) is 0 Å². The van der Waals surface area contributed by atoms with E-state index in [0.29, 0.717) is 0 Å². The second-order valence-electron chi connectivity index (χ2n) is 6.62. The smallest absolute Gasteiger partial charge is 0.0345 e. The minimum absolute atomic E-state index is 0.731. The molecule has 1 aromatic heterocycles. The summed E-state index contributed by atoms with van der Waals surface area (Å²) in [6.07, 6.45) is 7.65. The lowest BCUT2D eigenvalue weighted by atomic mass is 9.97. The molecule has 0 unspecified atom stereocenters. The fourth-order valence-electron chi connectivity index (χ4n) is 3.68. The van der Waals surface area contributed by atoms with E-state index >= 15 is 0 Å². The molecule has 122 valence electrons. The van der Waals surface area contributed by atoms with Gasteiger partial charge in [-0.3, -0.25) is 4.90 Å². The highest BCUT2D eigenvalue weighted by molar-refractivity contribution is 7.11. The van der Waals surface area contributed by atoms with E-state index in [1.807, 2.05) is 11.3 Å². The van der Waals surface area contributed by atoms with Gasteiger partial charge in [0.1, 0.15) is 0 Å². The molecule has 0 amide bonds. The van der Waals surface area contributed by atoms with Gasteiger partial charge in [-0.25, -0.2) is 0 Å². The molecule has 1 saturated heterocycles. The summed E-state index contributed by atoms with van der Waals surface area (Å²) in [6.45, 7) is 5.94. The number of benzene rings is 1. The molecule has 2 atom stereocenters. The second kappa shape index (κ2) is 7.94. The lowest BCUT2D eigenvalue weighted by Gasteiger charge is -2.38. The molecule has 0 N–H and O–H groups in total. The van der Waals surface area contributed by atoms with E-state index in [2.05, 4.69) is 72.7 Å². The number of hydrogen-bond acceptors (Lipinski definition) is 2. The van der Waals surface area contributed by atoms with Gasteiger partial charge in [-0.15, -0.1) is 11.3 Å². The molecule has 1 nitrogen and oxygen atoms in total. The quantitative estimate of drug-likeness (QED) is 0.668. The van der Waals surface area contributed by atoms with Gasteiger partial charge in [-0.1, -0.05) is 48.9 Å². The molecule has 0 bridgehead atoms. The molecule has 2 aromatic rings. The van der Waals surface area contributed by atoms with Gasteiger partial charge >= 0.3 is 0 Å². The van der Waals surface area contributed by atoms with Gasteiger partial charge in [-0.05, 0) is 55.7 Å². The molecular weight excluding hydrogens is 298 g/mol. The molecule has 1 aromatic carbocycles. The van der Waals surface area contributed by atoms with Crippen molar-refractivity contribution in [3.05, 3.63) is 64.4 Å². The van der Waals surface area contributed by atoms with Crippen molar-refractivity contribution in [3.63, 3.8) is 0 Å². The fraction of sp³-hybridized carbons (Fsp3) is 0.429. The zero-order valence-electron chi connectivity index (χ0n) is 14.2. The predicted octanol–water partition coefficient (Wildman–Crippen LogP) is 5.83.